The van der Waals surface area contributed by atoms with Crippen LogP contribution in [0.5, 0.6) is 0 Å². The maximum Gasteiger partial charge on any atom is 0.122 e. The Morgan fingerprint density at radius 3 is 3.00 bits per heavy atom. The molecule has 2 heterocycles. The van der Waals surface area contributed by atoms with Gasteiger partial charge in [0.1, 0.15) is 5.82 Å². The molecule has 4 nitrogen and oxygen atoms in total. The van der Waals surface area contributed by atoms with Gasteiger partial charge in [-0.1, -0.05) is 0 Å². The van der Waals surface area contributed by atoms with Crippen molar-refractivity contribution in [3.63, 3.8) is 0 Å². The SMILES string of the molecule is Cc1nc(Cn2nccc2N)cs1. The third-order valence-electron chi connectivity index (χ3n) is 1.73. The Balaban J connectivity index is 2.19. The standard InChI is InChI=1S/C8H10N4S/c1-6-11-7(5-13-6)4-12-8(9)2-3-10-12/h2-3,5H,4,9H2,1H3. The van der Waals surface area contributed by atoms with Gasteiger partial charge >= 0.3 is 0 Å². The third-order valence-corrected chi connectivity index (χ3v) is 2.55. The van der Waals surface area contributed by atoms with Gasteiger partial charge in [0.2, 0.25) is 0 Å². The molecule has 0 atom stereocenters. The summed E-state index contributed by atoms with van der Waals surface area (Å²) < 4.78 is 1.73. The molecule has 0 aliphatic heterocycles. The zero-order valence-electron chi connectivity index (χ0n) is 7.27. The highest BCUT2D eigenvalue weighted by molar-refractivity contribution is 7.09. The first-order valence-electron chi connectivity index (χ1n) is 3.94. The van der Waals surface area contributed by atoms with Crippen molar-refractivity contribution in [1.29, 1.82) is 0 Å². The summed E-state index contributed by atoms with van der Waals surface area (Å²) >= 11 is 1.64. The van der Waals surface area contributed by atoms with E-state index in [1.165, 1.54) is 0 Å². The Labute approximate surface area is 80.0 Å². The molecule has 5 heteroatoms. The maximum atomic E-state index is 5.67. The molecule has 0 amide bonds. The molecule has 13 heavy (non-hydrogen) atoms. The van der Waals surface area contributed by atoms with Crippen molar-refractivity contribution >= 4 is 17.2 Å². The van der Waals surface area contributed by atoms with E-state index in [4.69, 9.17) is 5.73 Å². The van der Waals surface area contributed by atoms with Gasteiger partial charge in [0.25, 0.3) is 0 Å². The van der Waals surface area contributed by atoms with E-state index in [0.29, 0.717) is 12.4 Å². The van der Waals surface area contributed by atoms with Crippen molar-refractivity contribution < 1.29 is 0 Å². The molecule has 2 aromatic rings. The normalized spacial score (nSPS) is 10.5. The van der Waals surface area contributed by atoms with E-state index in [0.717, 1.165) is 10.7 Å². The first kappa shape index (κ1) is 8.25. The average molecular weight is 194 g/mol. The summed E-state index contributed by atoms with van der Waals surface area (Å²) in [7, 11) is 0. The molecule has 2 N–H and O–H groups in total. The van der Waals surface area contributed by atoms with Crippen LogP contribution in [0, 0.1) is 6.92 Å². The van der Waals surface area contributed by atoms with Gasteiger partial charge < -0.3 is 5.73 Å². The molecule has 0 aromatic carbocycles. The maximum absolute atomic E-state index is 5.67. The van der Waals surface area contributed by atoms with E-state index in [1.807, 2.05) is 12.3 Å². The molecular weight excluding hydrogens is 184 g/mol. The number of rotatable bonds is 2. The Morgan fingerprint density at radius 2 is 2.46 bits per heavy atom. The van der Waals surface area contributed by atoms with Gasteiger partial charge in [-0.15, -0.1) is 11.3 Å². The number of aromatic nitrogens is 3. The van der Waals surface area contributed by atoms with Crippen LogP contribution in [-0.2, 0) is 6.54 Å². The molecule has 0 unspecified atom stereocenters. The first-order chi connectivity index (χ1) is 6.25. The Morgan fingerprint density at radius 1 is 1.62 bits per heavy atom. The van der Waals surface area contributed by atoms with Gasteiger partial charge in [-0.3, -0.25) is 0 Å². The lowest BCUT2D eigenvalue weighted by Gasteiger charge is -1.99. The molecule has 2 rings (SSSR count). The monoisotopic (exact) mass is 194 g/mol. The minimum Gasteiger partial charge on any atom is -0.384 e. The number of hydrogen-bond acceptors (Lipinski definition) is 4. The summed E-state index contributed by atoms with van der Waals surface area (Å²) in [5.41, 5.74) is 6.68. The topological polar surface area (TPSA) is 56.7 Å². The Bertz CT molecular complexity index is 404. The largest absolute Gasteiger partial charge is 0.384 e. The second kappa shape index (κ2) is 3.18. The van der Waals surface area contributed by atoms with E-state index in [-0.39, 0.29) is 0 Å². The van der Waals surface area contributed by atoms with Crippen molar-refractivity contribution in [3.8, 4) is 0 Å². The molecule has 0 aliphatic rings. The van der Waals surface area contributed by atoms with Gasteiger partial charge in [-0.25, -0.2) is 9.67 Å². The molecule has 68 valence electrons. The van der Waals surface area contributed by atoms with Gasteiger partial charge in [-0.2, -0.15) is 5.10 Å². The summed E-state index contributed by atoms with van der Waals surface area (Å²) in [6, 6.07) is 1.78. The second-order valence-electron chi connectivity index (χ2n) is 2.77. The number of nitrogens with two attached hydrogens (primary N) is 1. The zero-order valence-corrected chi connectivity index (χ0v) is 8.08. The number of nitrogen functional groups attached to an aromatic ring is 1. The summed E-state index contributed by atoms with van der Waals surface area (Å²) in [5.74, 6) is 0.672. The van der Waals surface area contributed by atoms with E-state index in [9.17, 15) is 0 Å². The highest BCUT2D eigenvalue weighted by atomic mass is 32.1. The van der Waals surface area contributed by atoms with E-state index < -0.39 is 0 Å². The second-order valence-corrected chi connectivity index (χ2v) is 3.83. The van der Waals surface area contributed by atoms with Gasteiger partial charge in [0, 0.05) is 5.38 Å². The van der Waals surface area contributed by atoms with Crippen LogP contribution in [0.2, 0.25) is 0 Å². The number of nitrogens with zero attached hydrogens (tertiary/aromatic N) is 3. The van der Waals surface area contributed by atoms with Crippen LogP contribution < -0.4 is 5.73 Å². The van der Waals surface area contributed by atoms with Crippen LogP contribution in [0.4, 0.5) is 5.82 Å². The van der Waals surface area contributed by atoms with Crippen molar-refractivity contribution in [3.05, 3.63) is 28.3 Å². The van der Waals surface area contributed by atoms with Crippen molar-refractivity contribution in [2.75, 3.05) is 5.73 Å². The molecule has 0 spiro atoms. The molecule has 0 fully saturated rings. The van der Waals surface area contributed by atoms with E-state index >= 15 is 0 Å². The summed E-state index contributed by atoms with van der Waals surface area (Å²) in [6.45, 7) is 2.64. The predicted molar refractivity (Wildman–Crippen MR) is 52.6 cm³/mol. The molecule has 2 aromatic heterocycles. The highest BCUT2D eigenvalue weighted by Crippen LogP contribution is 2.10. The summed E-state index contributed by atoms with van der Waals surface area (Å²) in [6.07, 6.45) is 1.69. The third kappa shape index (κ3) is 1.70. The fourth-order valence-electron chi connectivity index (χ4n) is 1.11. The quantitative estimate of drug-likeness (QED) is 0.783. The molecule has 0 aliphatic carbocycles. The first-order valence-corrected chi connectivity index (χ1v) is 4.82. The molecule has 0 bridgehead atoms. The number of thiazole rings is 1. The minimum absolute atomic E-state index is 0.656. The van der Waals surface area contributed by atoms with Gasteiger partial charge in [-0.05, 0) is 13.0 Å². The lowest BCUT2D eigenvalue weighted by atomic mass is 10.5. The lowest BCUT2D eigenvalue weighted by Crippen LogP contribution is -2.05. The van der Waals surface area contributed by atoms with Crippen LogP contribution >= 0.6 is 11.3 Å². The zero-order chi connectivity index (χ0) is 9.26. The lowest BCUT2D eigenvalue weighted by molar-refractivity contribution is 0.685. The van der Waals surface area contributed by atoms with Crippen LogP contribution in [-0.4, -0.2) is 14.8 Å². The van der Waals surface area contributed by atoms with Crippen LogP contribution in [0.15, 0.2) is 17.6 Å². The molecular formula is C8H10N4S. The van der Waals surface area contributed by atoms with E-state index in [1.54, 1.807) is 28.3 Å². The Hall–Kier alpha value is -1.36. The fourth-order valence-corrected chi connectivity index (χ4v) is 1.71. The Kier molecular flexibility index (Phi) is 2.02. The number of anilines is 1. The average Bonchev–Trinajstić information content (AvgIpc) is 2.64. The number of aryl methyl sites for hydroxylation is 1. The number of hydrogen-bond donors (Lipinski definition) is 1. The van der Waals surface area contributed by atoms with E-state index in [2.05, 4.69) is 10.1 Å². The molecule has 0 radical (unpaired) electrons. The minimum atomic E-state index is 0.656. The van der Waals surface area contributed by atoms with Crippen molar-refractivity contribution in [1.82, 2.24) is 14.8 Å². The predicted octanol–water partition coefficient (Wildman–Crippen LogP) is 1.28. The van der Waals surface area contributed by atoms with Crippen LogP contribution in [0.3, 0.4) is 0 Å². The summed E-state index contributed by atoms with van der Waals surface area (Å²) in [4.78, 5) is 4.33. The molecule has 0 saturated carbocycles. The fraction of sp³-hybridized carbons (Fsp3) is 0.250. The summed E-state index contributed by atoms with van der Waals surface area (Å²) in [5, 5.41) is 7.17. The highest BCUT2D eigenvalue weighted by Gasteiger charge is 2.02. The smallest absolute Gasteiger partial charge is 0.122 e. The van der Waals surface area contributed by atoms with Crippen molar-refractivity contribution in [2.45, 2.75) is 13.5 Å². The van der Waals surface area contributed by atoms with Crippen molar-refractivity contribution in [2.24, 2.45) is 0 Å². The van der Waals surface area contributed by atoms with Gasteiger partial charge in [0.15, 0.2) is 0 Å². The van der Waals surface area contributed by atoms with Crippen LogP contribution in [0.25, 0.3) is 0 Å². The van der Waals surface area contributed by atoms with Gasteiger partial charge in [0.05, 0.1) is 23.4 Å². The molecule has 0 saturated heterocycles. The van der Waals surface area contributed by atoms with Crippen LogP contribution in [0.1, 0.15) is 10.7 Å².